The van der Waals surface area contributed by atoms with E-state index < -0.39 is 0 Å². The fraction of sp³-hybridized carbons (Fsp3) is 0.250. The van der Waals surface area contributed by atoms with E-state index in [4.69, 9.17) is 0 Å². The summed E-state index contributed by atoms with van der Waals surface area (Å²) in [6, 6.07) is 26.8. The van der Waals surface area contributed by atoms with Gasteiger partial charge in [-0.05, 0) is 11.1 Å². The van der Waals surface area contributed by atoms with Crippen LogP contribution in [0.5, 0.6) is 5.75 Å². The topological polar surface area (TPSA) is 20.2 Å². The van der Waals surface area contributed by atoms with Gasteiger partial charge in [-0.25, -0.2) is 0 Å². The Balaban J connectivity index is 2.13. The van der Waals surface area contributed by atoms with Crippen LogP contribution in [-0.2, 0) is 10.8 Å². The summed E-state index contributed by atoms with van der Waals surface area (Å²) in [7, 11) is 0. The standard InChI is InChI=1S/C24H26O/c1-23(2,18-12-7-5-8-13-18)20-16-11-17-21(22(20)25)24(3,4)19-14-9-6-10-15-19/h5-17,25H,1-4H3. The maximum absolute atomic E-state index is 11.2. The second-order valence-corrected chi connectivity index (χ2v) is 7.68. The molecule has 0 saturated carbocycles. The third-order valence-electron chi connectivity index (χ3n) is 5.37. The minimum Gasteiger partial charge on any atom is -0.507 e. The van der Waals surface area contributed by atoms with Crippen LogP contribution in [0.1, 0.15) is 49.9 Å². The highest BCUT2D eigenvalue weighted by Gasteiger charge is 2.32. The van der Waals surface area contributed by atoms with Crippen LogP contribution < -0.4 is 0 Å². The van der Waals surface area contributed by atoms with E-state index >= 15 is 0 Å². The van der Waals surface area contributed by atoms with Crippen LogP contribution in [0.25, 0.3) is 0 Å². The van der Waals surface area contributed by atoms with Gasteiger partial charge >= 0.3 is 0 Å². The molecule has 0 aliphatic heterocycles. The van der Waals surface area contributed by atoms with E-state index in [-0.39, 0.29) is 10.8 Å². The molecular weight excluding hydrogens is 304 g/mol. The van der Waals surface area contributed by atoms with Gasteiger partial charge in [-0.15, -0.1) is 0 Å². The smallest absolute Gasteiger partial charge is 0.123 e. The third kappa shape index (κ3) is 3.07. The maximum Gasteiger partial charge on any atom is 0.123 e. The van der Waals surface area contributed by atoms with Crippen molar-refractivity contribution in [3.8, 4) is 5.75 Å². The van der Waals surface area contributed by atoms with E-state index in [1.165, 1.54) is 11.1 Å². The van der Waals surface area contributed by atoms with Crippen molar-refractivity contribution in [2.24, 2.45) is 0 Å². The Morgan fingerprint density at radius 2 is 0.880 bits per heavy atom. The molecule has 0 saturated heterocycles. The fourth-order valence-corrected chi connectivity index (χ4v) is 3.57. The van der Waals surface area contributed by atoms with E-state index in [0.717, 1.165) is 11.1 Å². The first-order valence-electron chi connectivity index (χ1n) is 8.79. The van der Waals surface area contributed by atoms with Crippen LogP contribution in [0, 0.1) is 0 Å². The molecule has 0 spiro atoms. The number of phenolic OH excluding ortho intramolecular Hbond substituents is 1. The summed E-state index contributed by atoms with van der Waals surface area (Å²) in [6.07, 6.45) is 0. The Bertz CT molecular complexity index is 776. The van der Waals surface area contributed by atoms with Crippen molar-refractivity contribution in [2.75, 3.05) is 0 Å². The molecule has 1 N–H and O–H groups in total. The van der Waals surface area contributed by atoms with E-state index in [0.29, 0.717) is 5.75 Å². The van der Waals surface area contributed by atoms with E-state index in [1.807, 2.05) is 48.5 Å². The van der Waals surface area contributed by atoms with Gasteiger partial charge in [0.05, 0.1) is 0 Å². The quantitative estimate of drug-likeness (QED) is 0.618. The summed E-state index contributed by atoms with van der Waals surface area (Å²) in [5, 5.41) is 11.2. The Kier molecular flexibility index (Phi) is 4.43. The normalized spacial score (nSPS) is 12.2. The molecule has 0 aromatic heterocycles. The highest BCUT2D eigenvalue weighted by molar-refractivity contribution is 5.54. The first-order chi connectivity index (χ1) is 11.8. The molecule has 0 amide bonds. The second kappa shape index (κ2) is 6.40. The molecule has 3 aromatic rings. The van der Waals surface area contributed by atoms with Crippen LogP contribution in [0.3, 0.4) is 0 Å². The number of benzene rings is 3. The molecule has 25 heavy (non-hydrogen) atoms. The third-order valence-corrected chi connectivity index (χ3v) is 5.37. The molecule has 3 aromatic carbocycles. The lowest BCUT2D eigenvalue weighted by molar-refractivity contribution is 0.433. The monoisotopic (exact) mass is 330 g/mol. The van der Waals surface area contributed by atoms with Crippen molar-refractivity contribution in [3.05, 3.63) is 101 Å². The van der Waals surface area contributed by atoms with E-state index in [9.17, 15) is 5.11 Å². The van der Waals surface area contributed by atoms with Crippen molar-refractivity contribution in [1.29, 1.82) is 0 Å². The summed E-state index contributed by atoms with van der Waals surface area (Å²) >= 11 is 0. The highest BCUT2D eigenvalue weighted by atomic mass is 16.3. The van der Waals surface area contributed by atoms with Gasteiger partial charge in [-0.3, -0.25) is 0 Å². The molecule has 0 aliphatic rings. The first-order valence-corrected chi connectivity index (χ1v) is 8.79. The zero-order valence-corrected chi connectivity index (χ0v) is 15.5. The summed E-state index contributed by atoms with van der Waals surface area (Å²) in [5.74, 6) is 0.394. The number of hydrogen-bond acceptors (Lipinski definition) is 1. The Hall–Kier alpha value is -2.54. The lowest BCUT2D eigenvalue weighted by Crippen LogP contribution is -2.23. The van der Waals surface area contributed by atoms with Gasteiger partial charge < -0.3 is 5.11 Å². The molecule has 1 heteroatoms. The summed E-state index contributed by atoms with van der Waals surface area (Å²) in [5.41, 5.74) is 3.77. The van der Waals surface area contributed by atoms with E-state index in [2.05, 4.69) is 58.0 Å². The van der Waals surface area contributed by atoms with Crippen LogP contribution in [0.4, 0.5) is 0 Å². The minimum absolute atomic E-state index is 0.270. The predicted molar refractivity (Wildman–Crippen MR) is 105 cm³/mol. The number of rotatable bonds is 4. The van der Waals surface area contributed by atoms with E-state index in [1.54, 1.807) is 0 Å². The van der Waals surface area contributed by atoms with Gasteiger partial charge in [0.1, 0.15) is 5.75 Å². The maximum atomic E-state index is 11.2. The lowest BCUT2D eigenvalue weighted by Gasteiger charge is -2.32. The number of aromatic hydroxyl groups is 1. The molecule has 0 heterocycles. The lowest BCUT2D eigenvalue weighted by atomic mass is 9.72. The van der Waals surface area contributed by atoms with Gasteiger partial charge in [-0.1, -0.05) is 107 Å². The average Bonchev–Trinajstić information content (AvgIpc) is 2.63. The molecule has 0 radical (unpaired) electrons. The zero-order chi connectivity index (χ0) is 18.1. The van der Waals surface area contributed by atoms with Crippen molar-refractivity contribution in [1.82, 2.24) is 0 Å². The summed E-state index contributed by atoms with van der Waals surface area (Å²) < 4.78 is 0. The predicted octanol–water partition coefficient (Wildman–Crippen LogP) is 6.04. The molecule has 0 bridgehead atoms. The molecule has 3 rings (SSSR count). The summed E-state index contributed by atoms with van der Waals surface area (Å²) in [6.45, 7) is 8.65. The SMILES string of the molecule is CC(C)(c1ccccc1)c1cccc(C(C)(C)c2ccccc2)c1O. The number of hydrogen-bond donors (Lipinski definition) is 1. The van der Waals surface area contributed by atoms with Crippen molar-refractivity contribution in [3.63, 3.8) is 0 Å². The first kappa shape index (κ1) is 17.3. The minimum atomic E-state index is -0.270. The Morgan fingerprint density at radius 1 is 0.520 bits per heavy atom. The van der Waals surface area contributed by atoms with Crippen molar-refractivity contribution in [2.45, 2.75) is 38.5 Å². The Morgan fingerprint density at radius 3 is 1.24 bits per heavy atom. The van der Waals surface area contributed by atoms with Crippen LogP contribution >= 0.6 is 0 Å². The molecule has 0 fully saturated rings. The van der Waals surface area contributed by atoms with Crippen molar-refractivity contribution < 1.29 is 5.11 Å². The number of phenols is 1. The molecule has 0 aliphatic carbocycles. The molecular formula is C24H26O. The van der Waals surface area contributed by atoms with Crippen LogP contribution in [0.2, 0.25) is 0 Å². The summed E-state index contributed by atoms with van der Waals surface area (Å²) in [4.78, 5) is 0. The highest BCUT2D eigenvalue weighted by Crippen LogP contribution is 2.43. The van der Waals surface area contributed by atoms with Crippen LogP contribution in [-0.4, -0.2) is 5.11 Å². The molecule has 1 nitrogen and oxygen atoms in total. The van der Waals surface area contributed by atoms with Crippen molar-refractivity contribution >= 4 is 0 Å². The van der Waals surface area contributed by atoms with Gasteiger partial charge in [-0.2, -0.15) is 0 Å². The zero-order valence-electron chi connectivity index (χ0n) is 15.5. The van der Waals surface area contributed by atoms with Gasteiger partial charge in [0.25, 0.3) is 0 Å². The second-order valence-electron chi connectivity index (χ2n) is 7.68. The van der Waals surface area contributed by atoms with Gasteiger partial charge in [0, 0.05) is 22.0 Å². The molecule has 0 unspecified atom stereocenters. The van der Waals surface area contributed by atoms with Gasteiger partial charge in [0.2, 0.25) is 0 Å². The largest absolute Gasteiger partial charge is 0.507 e. The van der Waals surface area contributed by atoms with Gasteiger partial charge in [0.15, 0.2) is 0 Å². The molecule has 0 atom stereocenters. The number of para-hydroxylation sites is 1. The molecule has 128 valence electrons. The Labute approximate surface area is 151 Å². The van der Waals surface area contributed by atoms with Crippen LogP contribution in [0.15, 0.2) is 78.9 Å². The average molecular weight is 330 g/mol. The fourth-order valence-electron chi connectivity index (χ4n) is 3.57.